The van der Waals surface area contributed by atoms with Crippen molar-refractivity contribution in [2.45, 2.75) is 20.4 Å². The highest BCUT2D eigenvalue weighted by atomic mass is 79.9. The van der Waals surface area contributed by atoms with Crippen LogP contribution in [0.25, 0.3) is 0 Å². The third-order valence-corrected chi connectivity index (χ3v) is 3.35. The van der Waals surface area contributed by atoms with E-state index in [-0.39, 0.29) is 5.91 Å². The summed E-state index contributed by atoms with van der Waals surface area (Å²) in [6.07, 6.45) is 3.24. The van der Waals surface area contributed by atoms with Crippen LogP contribution in [0.5, 0.6) is 0 Å². The molecule has 4 nitrogen and oxygen atoms in total. The number of hydrogen-bond donors (Lipinski definition) is 0. The average Bonchev–Trinajstić information content (AvgIpc) is 2.44. The first-order valence-electron chi connectivity index (χ1n) is 6.42. The van der Waals surface area contributed by atoms with Crippen molar-refractivity contribution in [1.29, 1.82) is 0 Å². The maximum Gasteiger partial charge on any atom is 0.255 e. The fourth-order valence-electron chi connectivity index (χ4n) is 1.92. The third kappa shape index (κ3) is 3.63. The van der Waals surface area contributed by atoms with Crippen LogP contribution in [0.2, 0.25) is 0 Å². The number of aromatic nitrogens is 2. The van der Waals surface area contributed by atoms with Crippen molar-refractivity contribution in [3.63, 3.8) is 0 Å². The molecule has 5 heteroatoms. The molecule has 0 fully saturated rings. The number of aryl methyl sites for hydroxylation is 1. The normalized spacial score (nSPS) is 10.3. The Morgan fingerprint density at radius 3 is 2.80 bits per heavy atom. The highest BCUT2D eigenvalue weighted by Crippen LogP contribution is 2.13. The monoisotopic (exact) mass is 333 g/mol. The van der Waals surface area contributed by atoms with Crippen LogP contribution in [0.1, 0.15) is 28.7 Å². The van der Waals surface area contributed by atoms with E-state index in [1.165, 1.54) is 0 Å². The van der Waals surface area contributed by atoms with Gasteiger partial charge >= 0.3 is 0 Å². The van der Waals surface area contributed by atoms with E-state index in [1.54, 1.807) is 23.4 Å². The lowest BCUT2D eigenvalue weighted by Gasteiger charge is -2.20. The number of pyridine rings is 2. The summed E-state index contributed by atoms with van der Waals surface area (Å²) in [4.78, 5) is 22.7. The van der Waals surface area contributed by atoms with Gasteiger partial charge in [-0.3, -0.25) is 14.8 Å². The number of rotatable bonds is 4. The zero-order valence-electron chi connectivity index (χ0n) is 11.5. The third-order valence-electron chi connectivity index (χ3n) is 2.92. The second-order valence-corrected chi connectivity index (χ2v) is 5.40. The first kappa shape index (κ1) is 14.7. The Morgan fingerprint density at radius 2 is 2.15 bits per heavy atom. The van der Waals surface area contributed by atoms with Crippen LogP contribution in [-0.2, 0) is 6.54 Å². The van der Waals surface area contributed by atoms with Crippen molar-refractivity contribution in [1.82, 2.24) is 14.9 Å². The minimum Gasteiger partial charge on any atom is -0.333 e. The summed E-state index contributed by atoms with van der Waals surface area (Å²) in [6, 6.07) is 7.61. The second-order valence-electron chi connectivity index (χ2n) is 4.48. The molecule has 0 radical (unpaired) electrons. The Kier molecular flexibility index (Phi) is 4.84. The molecule has 1 amide bonds. The van der Waals surface area contributed by atoms with Gasteiger partial charge in [-0.05, 0) is 48.0 Å². The molecule has 0 aliphatic carbocycles. The summed E-state index contributed by atoms with van der Waals surface area (Å²) in [5.41, 5.74) is 2.42. The summed E-state index contributed by atoms with van der Waals surface area (Å²) in [7, 11) is 0. The van der Waals surface area contributed by atoms with Crippen LogP contribution in [0, 0.1) is 6.92 Å². The van der Waals surface area contributed by atoms with E-state index < -0.39 is 0 Å². The lowest BCUT2D eigenvalue weighted by Crippen LogP contribution is -2.30. The standard InChI is InChI=1S/C15H16BrN3O/c1-3-19(10-14-6-4-5-11(2)18-14)15(20)12-7-13(16)9-17-8-12/h4-9H,3,10H2,1-2H3. The molecule has 0 atom stereocenters. The predicted octanol–water partition coefficient (Wildman–Crippen LogP) is 3.21. The molecule has 2 aromatic rings. The van der Waals surface area contributed by atoms with E-state index in [4.69, 9.17) is 0 Å². The molecule has 20 heavy (non-hydrogen) atoms. The van der Waals surface area contributed by atoms with Crippen molar-refractivity contribution in [3.8, 4) is 0 Å². The van der Waals surface area contributed by atoms with Gasteiger partial charge in [-0.1, -0.05) is 6.07 Å². The largest absolute Gasteiger partial charge is 0.333 e. The molecule has 2 rings (SSSR count). The number of halogens is 1. The molecule has 2 heterocycles. The molecule has 0 aliphatic heterocycles. The van der Waals surface area contributed by atoms with E-state index in [2.05, 4.69) is 25.9 Å². The van der Waals surface area contributed by atoms with Crippen molar-refractivity contribution < 1.29 is 4.79 Å². The number of hydrogen-bond acceptors (Lipinski definition) is 3. The highest BCUT2D eigenvalue weighted by molar-refractivity contribution is 9.10. The first-order chi connectivity index (χ1) is 9.60. The molecular weight excluding hydrogens is 318 g/mol. The molecule has 2 aromatic heterocycles. The van der Waals surface area contributed by atoms with Gasteiger partial charge in [0.25, 0.3) is 5.91 Å². The van der Waals surface area contributed by atoms with Gasteiger partial charge in [-0.25, -0.2) is 0 Å². The number of nitrogens with zero attached hydrogens (tertiary/aromatic N) is 3. The minimum atomic E-state index is -0.0374. The Bertz CT molecular complexity index is 616. The van der Waals surface area contributed by atoms with Crippen molar-refractivity contribution in [3.05, 3.63) is 58.1 Å². The van der Waals surface area contributed by atoms with Gasteiger partial charge in [-0.2, -0.15) is 0 Å². The number of carbonyl (C=O) groups excluding carboxylic acids is 1. The van der Waals surface area contributed by atoms with Gasteiger partial charge < -0.3 is 4.90 Å². The first-order valence-corrected chi connectivity index (χ1v) is 7.22. The lowest BCUT2D eigenvalue weighted by molar-refractivity contribution is 0.0750. The number of carbonyl (C=O) groups is 1. The van der Waals surface area contributed by atoms with Gasteiger partial charge in [0, 0.05) is 29.1 Å². The lowest BCUT2D eigenvalue weighted by atomic mass is 10.2. The van der Waals surface area contributed by atoms with Gasteiger partial charge in [0.15, 0.2) is 0 Å². The van der Waals surface area contributed by atoms with Crippen molar-refractivity contribution in [2.75, 3.05) is 6.54 Å². The highest BCUT2D eigenvalue weighted by Gasteiger charge is 2.15. The zero-order chi connectivity index (χ0) is 14.5. The van der Waals surface area contributed by atoms with Crippen LogP contribution < -0.4 is 0 Å². The fourth-order valence-corrected chi connectivity index (χ4v) is 2.29. The van der Waals surface area contributed by atoms with Crippen molar-refractivity contribution >= 4 is 21.8 Å². The predicted molar refractivity (Wildman–Crippen MR) is 81.3 cm³/mol. The van der Waals surface area contributed by atoms with Crippen LogP contribution in [0.15, 0.2) is 41.1 Å². The molecule has 0 spiro atoms. The fraction of sp³-hybridized carbons (Fsp3) is 0.267. The van der Waals surface area contributed by atoms with Crippen LogP contribution in [0.4, 0.5) is 0 Å². The Labute approximate surface area is 127 Å². The summed E-state index contributed by atoms with van der Waals surface area (Å²) >= 11 is 3.33. The van der Waals surface area contributed by atoms with Crippen molar-refractivity contribution in [2.24, 2.45) is 0 Å². The zero-order valence-corrected chi connectivity index (χ0v) is 13.1. The SMILES string of the molecule is CCN(Cc1cccc(C)n1)C(=O)c1cncc(Br)c1. The molecule has 0 N–H and O–H groups in total. The smallest absolute Gasteiger partial charge is 0.255 e. The summed E-state index contributed by atoms with van der Waals surface area (Å²) < 4.78 is 0.799. The van der Waals surface area contributed by atoms with Gasteiger partial charge in [0.2, 0.25) is 0 Å². The summed E-state index contributed by atoms with van der Waals surface area (Å²) in [5.74, 6) is -0.0374. The van der Waals surface area contributed by atoms with Crippen LogP contribution in [-0.4, -0.2) is 27.3 Å². The maximum absolute atomic E-state index is 12.5. The van der Waals surface area contributed by atoms with Gasteiger partial charge in [0.1, 0.15) is 0 Å². The molecule has 0 unspecified atom stereocenters. The van der Waals surface area contributed by atoms with E-state index in [9.17, 15) is 4.79 Å². The summed E-state index contributed by atoms with van der Waals surface area (Å²) in [5, 5.41) is 0. The Morgan fingerprint density at radius 1 is 1.35 bits per heavy atom. The molecule has 0 bridgehead atoms. The Hall–Kier alpha value is -1.75. The average molecular weight is 334 g/mol. The van der Waals surface area contributed by atoms with E-state index in [1.807, 2.05) is 32.0 Å². The minimum absolute atomic E-state index is 0.0374. The molecule has 0 saturated carbocycles. The van der Waals surface area contributed by atoms with Gasteiger partial charge in [-0.15, -0.1) is 0 Å². The summed E-state index contributed by atoms with van der Waals surface area (Å²) in [6.45, 7) is 5.03. The Balaban J connectivity index is 2.18. The van der Waals surface area contributed by atoms with E-state index in [0.717, 1.165) is 15.9 Å². The molecular formula is C15H16BrN3O. The van der Waals surface area contributed by atoms with E-state index >= 15 is 0 Å². The molecule has 0 aromatic carbocycles. The molecule has 0 aliphatic rings. The quantitative estimate of drug-likeness (QED) is 0.863. The van der Waals surface area contributed by atoms with Crippen LogP contribution >= 0.6 is 15.9 Å². The molecule has 0 saturated heterocycles. The van der Waals surface area contributed by atoms with Gasteiger partial charge in [0.05, 0.1) is 17.8 Å². The van der Waals surface area contributed by atoms with Crippen LogP contribution in [0.3, 0.4) is 0 Å². The maximum atomic E-state index is 12.5. The second kappa shape index (κ2) is 6.61. The molecule has 104 valence electrons. The topological polar surface area (TPSA) is 46.1 Å². The van der Waals surface area contributed by atoms with E-state index in [0.29, 0.717) is 18.7 Å². The number of amides is 1.